The first-order valence-corrected chi connectivity index (χ1v) is 3.63. The molecule has 0 saturated heterocycles. The van der Waals surface area contributed by atoms with Gasteiger partial charge < -0.3 is 5.11 Å². The van der Waals surface area contributed by atoms with Crippen molar-refractivity contribution in [3.8, 4) is 0 Å². The fraction of sp³-hybridized carbons (Fsp3) is 1.00. The summed E-state index contributed by atoms with van der Waals surface area (Å²) in [5, 5.41) is 8.59. The summed E-state index contributed by atoms with van der Waals surface area (Å²) in [5.41, 5.74) is 0. The molecule has 0 spiro atoms. The maximum absolute atomic E-state index is 12.7. The molecule has 60 valence electrons. The van der Waals surface area contributed by atoms with Crippen molar-refractivity contribution in [3.63, 3.8) is 0 Å². The fourth-order valence-corrected chi connectivity index (χ4v) is 1.34. The highest BCUT2D eigenvalue weighted by Gasteiger charge is 2.29. The standard InChI is InChI=1S/C7H12F2O/c8-6-2-1-5(4-10)7(9)3-6/h5-7,10H,1-4H2. The van der Waals surface area contributed by atoms with Gasteiger partial charge in [0.1, 0.15) is 12.3 Å². The Bertz CT molecular complexity index is 108. The number of rotatable bonds is 1. The van der Waals surface area contributed by atoms with Crippen molar-refractivity contribution in [1.82, 2.24) is 0 Å². The van der Waals surface area contributed by atoms with Crippen LogP contribution in [0.5, 0.6) is 0 Å². The summed E-state index contributed by atoms with van der Waals surface area (Å²) in [6, 6.07) is 0. The molecule has 0 aliphatic heterocycles. The number of aliphatic hydroxyl groups excluding tert-OH is 1. The molecule has 3 unspecified atom stereocenters. The SMILES string of the molecule is OCC1CCC(F)CC1F. The van der Waals surface area contributed by atoms with Gasteiger partial charge in [-0.05, 0) is 12.8 Å². The minimum absolute atomic E-state index is 0.0226. The molecule has 0 aromatic rings. The minimum Gasteiger partial charge on any atom is -0.396 e. The van der Waals surface area contributed by atoms with Crippen molar-refractivity contribution in [2.75, 3.05) is 6.61 Å². The predicted molar refractivity (Wildman–Crippen MR) is 34.2 cm³/mol. The van der Waals surface area contributed by atoms with E-state index in [-0.39, 0.29) is 18.9 Å². The maximum Gasteiger partial charge on any atom is 0.108 e. The lowest BCUT2D eigenvalue weighted by atomic mass is 9.87. The number of hydrogen-bond acceptors (Lipinski definition) is 1. The van der Waals surface area contributed by atoms with E-state index in [1.807, 2.05) is 0 Å². The molecule has 1 aliphatic rings. The summed E-state index contributed by atoms with van der Waals surface area (Å²) in [5.74, 6) is -0.313. The first-order valence-electron chi connectivity index (χ1n) is 3.63. The molecule has 0 aromatic heterocycles. The lowest BCUT2D eigenvalue weighted by molar-refractivity contribution is 0.0628. The summed E-state index contributed by atoms with van der Waals surface area (Å²) in [6.07, 6.45) is -1.25. The Kier molecular flexibility index (Phi) is 2.60. The van der Waals surface area contributed by atoms with Crippen molar-refractivity contribution in [2.45, 2.75) is 31.6 Å². The molecule has 1 aliphatic carbocycles. The van der Waals surface area contributed by atoms with Gasteiger partial charge in [-0.3, -0.25) is 0 Å². The molecular weight excluding hydrogens is 138 g/mol. The Balaban J connectivity index is 2.36. The van der Waals surface area contributed by atoms with E-state index in [1.165, 1.54) is 0 Å². The molecule has 0 heterocycles. The van der Waals surface area contributed by atoms with Crippen LogP contribution in [0.25, 0.3) is 0 Å². The lowest BCUT2D eigenvalue weighted by Crippen LogP contribution is -2.29. The monoisotopic (exact) mass is 150 g/mol. The van der Waals surface area contributed by atoms with E-state index >= 15 is 0 Å². The van der Waals surface area contributed by atoms with Gasteiger partial charge in [0.15, 0.2) is 0 Å². The van der Waals surface area contributed by atoms with E-state index in [0.29, 0.717) is 12.8 Å². The Morgan fingerprint density at radius 2 is 2.00 bits per heavy atom. The molecule has 0 amide bonds. The largest absolute Gasteiger partial charge is 0.396 e. The fourth-order valence-electron chi connectivity index (χ4n) is 1.34. The predicted octanol–water partition coefficient (Wildman–Crippen LogP) is 1.46. The van der Waals surface area contributed by atoms with Crippen LogP contribution in [0.15, 0.2) is 0 Å². The zero-order valence-corrected chi connectivity index (χ0v) is 5.76. The van der Waals surface area contributed by atoms with Crippen LogP contribution in [0.3, 0.4) is 0 Å². The molecule has 1 rings (SSSR count). The normalized spacial score (nSPS) is 41.7. The van der Waals surface area contributed by atoms with Crippen molar-refractivity contribution >= 4 is 0 Å². The summed E-state index contributed by atoms with van der Waals surface area (Å²) in [7, 11) is 0. The van der Waals surface area contributed by atoms with Gasteiger partial charge in [-0.25, -0.2) is 8.78 Å². The van der Waals surface area contributed by atoms with Gasteiger partial charge >= 0.3 is 0 Å². The molecule has 1 fully saturated rings. The summed E-state index contributed by atoms with van der Waals surface area (Å²) in [4.78, 5) is 0. The molecular formula is C7H12F2O. The van der Waals surface area contributed by atoms with E-state index in [2.05, 4.69) is 0 Å². The molecule has 1 saturated carbocycles. The Morgan fingerprint density at radius 1 is 1.30 bits per heavy atom. The Morgan fingerprint density at radius 3 is 2.50 bits per heavy atom. The van der Waals surface area contributed by atoms with Crippen molar-refractivity contribution in [3.05, 3.63) is 0 Å². The number of hydrogen-bond donors (Lipinski definition) is 1. The number of aliphatic hydroxyl groups is 1. The molecule has 0 aromatic carbocycles. The highest BCUT2D eigenvalue weighted by molar-refractivity contribution is 4.79. The Labute approximate surface area is 59.0 Å². The van der Waals surface area contributed by atoms with E-state index in [1.54, 1.807) is 0 Å². The third-order valence-electron chi connectivity index (χ3n) is 2.08. The summed E-state index contributed by atoms with van der Waals surface area (Å²) >= 11 is 0. The van der Waals surface area contributed by atoms with Gasteiger partial charge in [0, 0.05) is 18.9 Å². The van der Waals surface area contributed by atoms with E-state index in [4.69, 9.17) is 5.11 Å². The molecule has 1 N–H and O–H groups in total. The zero-order valence-electron chi connectivity index (χ0n) is 5.76. The highest BCUT2D eigenvalue weighted by Crippen LogP contribution is 2.28. The first-order chi connectivity index (χ1) is 4.74. The topological polar surface area (TPSA) is 20.2 Å². The summed E-state index contributed by atoms with van der Waals surface area (Å²) < 4.78 is 25.1. The molecule has 3 heteroatoms. The van der Waals surface area contributed by atoms with Crippen LogP contribution in [0.4, 0.5) is 8.78 Å². The second-order valence-electron chi connectivity index (χ2n) is 2.87. The average molecular weight is 150 g/mol. The van der Waals surface area contributed by atoms with E-state index in [9.17, 15) is 8.78 Å². The average Bonchev–Trinajstić information content (AvgIpc) is 1.88. The second kappa shape index (κ2) is 3.28. The van der Waals surface area contributed by atoms with Gasteiger partial charge in [0.25, 0.3) is 0 Å². The Hall–Kier alpha value is -0.180. The van der Waals surface area contributed by atoms with E-state index in [0.717, 1.165) is 0 Å². The molecule has 0 bridgehead atoms. The molecule has 3 atom stereocenters. The van der Waals surface area contributed by atoms with Crippen LogP contribution in [0.1, 0.15) is 19.3 Å². The summed E-state index contributed by atoms with van der Waals surface area (Å²) in [6.45, 7) is -0.145. The number of alkyl halides is 2. The third-order valence-corrected chi connectivity index (χ3v) is 2.08. The van der Waals surface area contributed by atoms with E-state index < -0.39 is 12.3 Å². The second-order valence-corrected chi connectivity index (χ2v) is 2.87. The number of halogens is 2. The molecule has 1 nitrogen and oxygen atoms in total. The van der Waals surface area contributed by atoms with Crippen molar-refractivity contribution < 1.29 is 13.9 Å². The zero-order chi connectivity index (χ0) is 7.56. The third kappa shape index (κ3) is 1.66. The van der Waals surface area contributed by atoms with Gasteiger partial charge in [-0.15, -0.1) is 0 Å². The highest BCUT2D eigenvalue weighted by atomic mass is 19.1. The maximum atomic E-state index is 12.7. The first kappa shape index (κ1) is 7.92. The smallest absolute Gasteiger partial charge is 0.108 e. The van der Waals surface area contributed by atoms with Crippen LogP contribution in [-0.4, -0.2) is 24.1 Å². The van der Waals surface area contributed by atoms with Gasteiger partial charge in [0.05, 0.1) is 0 Å². The van der Waals surface area contributed by atoms with Crippen LogP contribution < -0.4 is 0 Å². The van der Waals surface area contributed by atoms with Gasteiger partial charge in [-0.1, -0.05) is 0 Å². The van der Waals surface area contributed by atoms with Crippen molar-refractivity contribution in [2.24, 2.45) is 5.92 Å². The van der Waals surface area contributed by atoms with Crippen LogP contribution >= 0.6 is 0 Å². The van der Waals surface area contributed by atoms with Crippen LogP contribution in [-0.2, 0) is 0 Å². The van der Waals surface area contributed by atoms with Crippen molar-refractivity contribution in [1.29, 1.82) is 0 Å². The lowest BCUT2D eigenvalue weighted by Gasteiger charge is -2.26. The van der Waals surface area contributed by atoms with Gasteiger partial charge in [-0.2, -0.15) is 0 Å². The minimum atomic E-state index is -1.13. The van der Waals surface area contributed by atoms with Crippen LogP contribution in [0, 0.1) is 5.92 Å². The molecule has 10 heavy (non-hydrogen) atoms. The van der Waals surface area contributed by atoms with Gasteiger partial charge in [0.2, 0.25) is 0 Å². The molecule has 0 radical (unpaired) electrons. The van der Waals surface area contributed by atoms with Crippen LogP contribution in [0.2, 0.25) is 0 Å². The quantitative estimate of drug-likeness (QED) is 0.600.